The summed E-state index contributed by atoms with van der Waals surface area (Å²) in [5.74, 6) is -1.02. The van der Waals surface area contributed by atoms with Crippen LogP contribution in [0.2, 0.25) is 0 Å². The molecule has 0 atom stereocenters. The number of benzene rings is 1. The van der Waals surface area contributed by atoms with Gasteiger partial charge in [0.05, 0.1) is 5.69 Å². The van der Waals surface area contributed by atoms with Crippen LogP contribution < -0.4 is 15.5 Å². The number of carbonyl (C=O) groups is 1. The summed E-state index contributed by atoms with van der Waals surface area (Å²) < 4.78 is 43.3. The first-order valence-electron chi connectivity index (χ1n) is 8.82. The van der Waals surface area contributed by atoms with E-state index in [4.69, 9.17) is 0 Å². The Hall–Kier alpha value is -3.69. The first kappa shape index (κ1) is 21.0. The highest BCUT2D eigenvalue weighted by Crippen LogP contribution is 2.20. The average Bonchev–Trinajstić information content (AvgIpc) is 2.71. The summed E-state index contributed by atoms with van der Waals surface area (Å²) in [7, 11) is 0. The van der Waals surface area contributed by atoms with E-state index in [0.29, 0.717) is 11.4 Å². The van der Waals surface area contributed by atoms with Gasteiger partial charge in [-0.15, -0.1) is 0 Å². The molecular weight excluding hydrogens is 401 g/mol. The number of carbonyl (C=O) groups excluding carboxylic acids is 1. The molecule has 2 heterocycles. The second-order valence-electron chi connectivity index (χ2n) is 6.30. The number of halogens is 3. The third-order valence-electron chi connectivity index (χ3n) is 3.99. The standard InChI is InChI=1S/C20H17F3N4O3/c1-13-10-16(28)17(26-27(13)15-7-3-2-4-8-15)18(29)25-11-14-6-5-9-24-19(14)30-12-20(21,22)23/h2-10H,11-12H2,1H3,(H,25,29). The van der Waals surface area contributed by atoms with Crippen LogP contribution in [0.5, 0.6) is 5.88 Å². The predicted molar refractivity (Wildman–Crippen MR) is 102 cm³/mol. The van der Waals surface area contributed by atoms with Gasteiger partial charge in [-0.05, 0) is 25.1 Å². The zero-order valence-corrected chi connectivity index (χ0v) is 15.8. The molecule has 0 aliphatic rings. The normalized spacial score (nSPS) is 11.2. The Labute approximate surface area is 169 Å². The summed E-state index contributed by atoms with van der Waals surface area (Å²) in [5.41, 5.74) is 0.519. The predicted octanol–water partition coefficient (Wildman–Crippen LogP) is 2.81. The minimum absolute atomic E-state index is 0.194. The van der Waals surface area contributed by atoms with Gasteiger partial charge in [0.25, 0.3) is 5.91 Å². The van der Waals surface area contributed by atoms with Gasteiger partial charge in [0.2, 0.25) is 11.3 Å². The lowest BCUT2D eigenvalue weighted by Crippen LogP contribution is -2.32. The molecule has 7 nitrogen and oxygen atoms in total. The van der Waals surface area contributed by atoms with Gasteiger partial charge in [-0.1, -0.05) is 24.3 Å². The number of amides is 1. The van der Waals surface area contributed by atoms with Gasteiger partial charge in [0.1, 0.15) is 0 Å². The summed E-state index contributed by atoms with van der Waals surface area (Å²) in [6.07, 6.45) is -3.25. The molecule has 0 aliphatic carbocycles. The van der Waals surface area contributed by atoms with Crippen LogP contribution in [0, 0.1) is 6.92 Å². The Morgan fingerprint density at radius 1 is 1.17 bits per heavy atom. The van der Waals surface area contributed by atoms with Gasteiger partial charge in [-0.2, -0.15) is 18.3 Å². The molecule has 0 saturated carbocycles. The molecule has 156 valence electrons. The number of nitrogens with zero attached hydrogens (tertiary/aromatic N) is 3. The SMILES string of the molecule is Cc1cc(=O)c(C(=O)NCc2cccnc2OCC(F)(F)F)nn1-c1ccccc1. The van der Waals surface area contributed by atoms with E-state index in [0.717, 1.165) is 0 Å². The van der Waals surface area contributed by atoms with E-state index in [1.54, 1.807) is 31.2 Å². The number of hydrogen-bond donors (Lipinski definition) is 1. The molecule has 1 amide bonds. The van der Waals surface area contributed by atoms with Crippen LogP contribution >= 0.6 is 0 Å². The van der Waals surface area contributed by atoms with E-state index < -0.39 is 24.1 Å². The number of hydrogen-bond acceptors (Lipinski definition) is 5. The van der Waals surface area contributed by atoms with Gasteiger partial charge in [0, 0.05) is 30.1 Å². The minimum atomic E-state index is -4.52. The second kappa shape index (κ2) is 8.76. The van der Waals surface area contributed by atoms with Crippen LogP contribution in [-0.2, 0) is 6.54 Å². The van der Waals surface area contributed by atoms with Crippen LogP contribution in [-0.4, -0.2) is 33.5 Å². The highest BCUT2D eigenvalue weighted by molar-refractivity contribution is 5.92. The highest BCUT2D eigenvalue weighted by atomic mass is 19.4. The molecule has 1 aromatic carbocycles. The van der Waals surface area contributed by atoms with Gasteiger partial charge >= 0.3 is 6.18 Å². The van der Waals surface area contributed by atoms with Crippen LogP contribution in [0.25, 0.3) is 5.69 Å². The van der Waals surface area contributed by atoms with Gasteiger partial charge < -0.3 is 10.1 Å². The first-order chi connectivity index (χ1) is 14.2. The smallest absolute Gasteiger partial charge is 0.422 e. The maximum Gasteiger partial charge on any atom is 0.422 e. The third-order valence-corrected chi connectivity index (χ3v) is 3.99. The Bertz CT molecular complexity index is 1100. The molecule has 0 fully saturated rings. The lowest BCUT2D eigenvalue weighted by Gasteiger charge is -2.13. The molecule has 0 saturated heterocycles. The molecular formula is C20H17F3N4O3. The van der Waals surface area contributed by atoms with Gasteiger partial charge in [-0.25, -0.2) is 9.67 Å². The minimum Gasteiger partial charge on any atom is -0.468 e. The summed E-state index contributed by atoms with van der Waals surface area (Å²) in [4.78, 5) is 28.6. The number of ether oxygens (including phenoxy) is 1. The number of aryl methyl sites for hydroxylation is 1. The molecule has 2 aromatic heterocycles. The van der Waals surface area contributed by atoms with E-state index >= 15 is 0 Å². The molecule has 10 heteroatoms. The molecule has 0 bridgehead atoms. The van der Waals surface area contributed by atoms with Crippen molar-refractivity contribution in [1.82, 2.24) is 20.1 Å². The molecule has 0 unspecified atom stereocenters. The van der Waals surface area contributed by atoms with Crippen LogP contribution in [0.15, 0.2) is 59.5 Å². The lowest BCUT2D eigenvalue weighted by atomic mass is 10.2. The van der Waals surface area contributed by atoms with Gasteiger partial charge in [0.15, 0.2) is 12.3 Å². The van der Waals surface area contributed by atoms with Crippen LogP contribution in [0.4, 0.5) is 13.2 Å². The third kappa shape index (κ3) is 5.22. The van der Waals surface area contributed by atoms with E-state index in [2.05, 4.69) is 20.1 Å². The summed E-state index contributed by atoms with van der Waals surface area (Å²) in [6.45, 7) is -0.0184. The number of alkyl halides is 3. The number of rotatable bonds is 6. The van der Waals surface area contributed by atoms with Crippen molar-refractivity contribution in [3.05, 3.63) is 81.9 Å². The fourth-order valence-corrected chi connectivity index (χ4v) is 2.63. The maximum absolute atomic E-state index is 12.5. The van der Waals surface area contributed by atoms with Crippen molar-refractivity contribution >= 4 is 5.91 Å². The van der Waals surface area contributed by atoms with Crippen molar-refractivity contribution < 1.29 is 22.7 Å². The Kier molecular flexibility index (Phi) is 6.14. The molecule has 0 aliphatic heterocycles. The Balaban J connectivity index is 1.79. The van der Waals surface area contributed by atoms with Crippen molar-refractivity contribution in [2.45, 2.75) is 19.6 Å². The van der Waals surface area contributed by atoms with Crippen molar-refractivity contribution in [3.63, 3.8) is 0 Å². The van der Waals surface area contributed by atoms with Gasteiger partial charge in [-0.3, -0.25) is 9.59 Å². The number of nitrogens with one attached hydrogen (secondary N) is 1. The van der Waals surface area contributed by atoms with E-state index in [1.807, 2.05) is 6.07 Å². The molecule has 3 aromatic rings. The largest absolute Gasteiger partial charge is 0.468 e. The first-order valence-corrected chi connectivity index (χ1v) is 8.82. The number of aromatic nitrogens is 3. The molecule has 0 spiro atoms. The zero-order valence-electron chi connectivity index (χ0n) is 15.8. The van der Waals surface area contributed by atoms with E-state index in [-0.39, 0.29) is 23.7 Å². The van der Waals surface area contributed by atoms with E-state index in [9.17, 15) is 22.8 Å². The molecule has 1 N–H and O–H groups in total. The fraction of sp³-hybridized carbons (Fsp3) is 0.200. The number of para-hydroxylation sites is 1. The Morgan fingerprint density at radius 2 is 1.90 bits per heavy atom. The van der Waals surface area contributed by atoms with Crippen molar-refractivity contribution in [2.24, 2.45) is 0 Å². The highest BCUT2D eigenvalue weighted by Gasteiger charge is 2.29. The Morgan fingerprint density at radius 3 is 2.60 bits per heavy atom. The monoisotopic (exact) mass is 418 g/mol. The summed E-state index contributed by atoms with van der Waals surface area (Å²) >= 11 is 0. The van der Waals surface area contributed by atoms with Crippen molar-refractivity contribution in [1.29, 1.82) is 0 Å². The fourth-order valence-electron chi connectivity index (χ4n) is 2.63. The average molecular weight is 418 g/mol. The molecule has 30 heavy (non-hydrogen) atoms. The van der Waals surface area contributed by atoms with Crippen LogP contribution in [0.1, 0.15) is 21.7 Å². The van der Waals surface area contributed by atoms with Crippen molar-refractivity contribution in [3.8, 4) is 11.6 Å². The number of pyridine rings is 1. The zero-order chi connectivity index (χ0) is 21.7. The lowest BCUT2D eigenvalue weighted by molar-refractivity contribution is -0.154. The molecule has 3 rings (SSSR count). The second-order valence-corrected chi connectivity index (χ2v) is 6.30. The van der Waals surface area contributed by atoms with Crippen molar-refractivity contribution in [2.75, 3.05) is 6.61 Å². The maximum atomic E-state index is 12.5. The summed E-state index contributed by atoms with van der Waals surface area (Å²) in [6, 6.07) is 13.2. The quantitative estimate of drug-likeness (QED) is 0.665. The molecule has 0 radical (unpaired) electrons. The van der Waals surface area contributed by atoms with E-state index in [1.165, 1.54) is 29.1 Å². The topological polar surface area (TPSA) is 86.1 Å². The summed E-state index contributed by atoms with van der Waals surface area (Å²) in [5, 5.41) is 6.62. The van der Waals surface area contributed by atoms with Crippen LogP contribution in [0.3, 0.4) is 0 Å².